The van der Waals surface area contributed by atoms with E-state index in [9.17, 15) is 14.8 Å². The number of nitriles is 1. The molecule has 0 saturated carbocycles. The van der Waals surface area contributed by atoms with Crippen molar-refractivity contribution >= 4 is 5.69 Å². The van der Waals surface area contributed by atoms with Gasteiger partial charge in [0.25, 0.3) is 5.95 Å². The number of hydrogen-bond acceptors (Lipinski definition) is 4. The first-order valence-corrected chi connectivity index (χ1v) is 6.26. The molecule has 0 amide bonds. The van der Waals surface area contributed by atoms with E-state index in [1.807, 2.05) is 6.07 Å². The quantitative estimate of drug-likeness (QED) is 0.787. The smallest absolute Gasteiger partial charge is 0.297 e. The zero-order chi connectivity index (χ0) is 15.0. The Balaban J connectivity index is 2.28. The molecule has 1 aliphatic heterocycles. The summed E-state index contributed by atoms with van der Waals surface area (Å²) in [5, 5.41) is 19.2. The summed E-state index contributed by atoms with van der Waals surface area (Å²) in [5.74, 6) is -1.36. The van der Waals surface area contributed by atoms with Crippen LogP contribution in [0.15, 0.2) is 54.0 Å². The minimum atomic E-state index is -0.747. The lowest BCUT2D eigenvalue weighted by Gasteiger charge is -2.25. The standard InChI is InChI=1S/C16H11FN2O2/c17-13-4-2-1-3-10(13)15-11-7-9(19)5-6-14(11)21-16(20)12(15)8-18/h1-7,15,20H,19H2/t15-/m1/s1. The molecule has 2 aromatic carbocycles. The zero-order valence-corrected chi connectivity index (χ0v) is 10.9. The Hall–Kier alpha value is -3.00. The van der Waals surface area contributed by atoms with Crippen molar-refractivity contribution in [1.29, 1.82) is 5.26 Å². The number of rotatable bonds is 1. The molecule has 0 fully saturated rings. The molecule has 0 aliphatic carbocycles. The van der Waals surface area contributed by atoms with E-state index in [1.165, 1.54) is 6.07 Å². The molecule has 0 unspecified atom stereocenters. The number of anilines is 1. The minimum absolute atomic E-state index is 0.0433. The van der Waals surface area contributed by atoms with Crippen molar-refractivity contribution in [1.82, 2.24) is 0 Å². The molecule has 0 bridgehead atoms. The second-order valence-corrected chi connectivity index (χ2v) is 4.68. The van der Waals surface area contributed by atoms with Gasteiger partial charge in [-0.05, 0) is 24.3 Å². The van der Waals surface area contributed by atoms with Crippen LogP contribution in [0.3, 0.4) is 0 Å². The summed E-state index contributed by atoms with van der Waals surface area (Å²) < 4.78 is 19.3. The van der Waals surface area contributed by atoms with Gasteiger partial charge in [-0.25, -0.2) is 4.39 Å². The fraction of sp³-hybridized carbons (Fsp3) is 0.0625. The van der Waals surface area contributed by atoms with E-state index in [4.69, 9.17) is 10.5 Å². The van der Waals surface area contributed by atoms with Gasteiger partial charge >= 0.3 is 0 Å². The monoisotopic (exact) mass is 282 g/mol. The van der Waals surface area contributed by atoms with Crippen molar-refractivity contribution in [2.24, 2.45) is 0 Å². The molecule has 1 aliphatic rings. The van der Waals surface area contributed by atoms with Crippen LogP contribution < -0.4 is 10.5 Å². The molecule has 21 heavy (non-hydrogen) atoms. The number of aliphatic hydroxyl groups is 1. The molecule has 0 spiro atoms. The summed E-state index contributed by atoms with van der Waals surface area (Å²) in [6.45, 7) is 0. The molecule has 5 heteroatoms. The Morgan fingerprint density at radius 3 is 2.67 bits per heavy atom. The van der Waals surface area contributed by atoms with Gasteiger partial charge in [0.2, 0.25) is 0 Å². The second-order valence-electron chi connectivity index (χ2n) is 4.68. The zero-order valence-electron chi connectivity index (χ0n) is 10.9. The highest BCUT2D eigenvalue weighted by Gasteiger charge is 2.33. The molecule has 3 N–H and O–H groups in total. The number of allylic oxidation sites excluding steroid dienone is 1. The van der Waals surface area contributed by atoms with Gasteiger partial charge in [-0.1, -0.05) is 18.2 Å². The van der Waals surface area contributed by atoms with Gasteiger partial charge in [-0.3, -0.25) is 0 Å². The maximum absolute atomic E-state index is 14.1. The van der Waals surface area contributed by atoms with E-state index in [1.54, 1.807) is 36.4 Å². The molecule has 0 aromatic heterocycles. The largest absolute Gasteiger partial charge is 0.480 e. The predicted molar refractivity (Wildman–Crippen MR) is 75.0 cm³/mol. The SMILES string of the molecule is N#CC1=C(O)Oc2ccc(N)cc2[C@H]1c1ccccc1F. The normalized spacial score (nSPS) is 16.9. The second kappa shape index (κ2) is 4.84. The summed E-state index contributed by atoms with van der Waals surface area (Å²) in [6.07, 6.45) is 0. The van der Waals surface area contributed by atoms with Crippen LogP contribution in [0, 0.1) is 17.1 Å². The minimum Gasteiger partial charge on any atom is -0.480 e. The lowest BCUT2D eigenvalue weighted by atomic mass is 9.83. The van der Waals surface area contributed by atoms with E-state index in [0.717, 1.165) is 0 Å². The number of hydrogen-bond donors (Lipinski definition) is 2. The highest BCUT2D eigenvalue weighted by atomic mass is 19.1. The number of nitrogen functional groups attached to an aromatic ring is 1. The van der Waals surface area contributed by atoms with E-state index in [0.29, 0.717) is 17.0 Å². The van der Waals surface area contributed by atoms with Crippen LogP contribution >= 0.6 is 0 Å². The van der Waals surface area contributed by atoms with Gasteiger partial charge in [0, 0.05) is 16.8 Å². The molecule has 0 radical (unpaired) electrons. The predicted octanol–water partition coefficient (Wildman–Crippen LogP) is 3.23. The maximum Gasteiger partial charge on any atom is 0.297 e. The van der Waals surface area contributed by atoms with Gasteiger partial charge in [0.15, 0.2) is 0 Å². The molecule has 1 atom stereocenters. The van der Waals surface area contributed by atoms with Crippen LogP contribution in [0.25, 0.3) is 0 Å². The summed E-state index contributed by atoms with van der Waals surface area (Å²) in [5.41, 5.74) is 7.04. The summed E-state index contributed by atoms with van der Waals surface area (Å²) in [4.78, 5) is 0. The number of aliphatic hydroxyl groups excluding tert-OH is 1. The van der Waals surface area contributed by atoms with Gasteiger partial charge in [0.05, 0.1) is 5.92 Å². The van der Waals surface area contributed by atoms with Gasteiger partial charge in [-0.2, -0.15) is 5.26 Å². The van der Waals surface area contributed by atoms with Gasteiger partial charge in [0.1, 0.15) is 23.2 Å². The van der Waals surface area contributed by atoms with Crippen molar-refractivity contribution in [3.8, 4) is 11.8 Å². The third-order valence-corrected chi connectivity index (χ3v) is 3.41. The van der Waals surface area contributed by atoms with Crippen molar-refractivity contribution in [2.45, 2.75) is 5.92 Å². The maximum atomic E-state index is 14.1. The Morgan fingerprint density at radius 2 is 1.95 bits per heavy atom. The van der Waals surface area contributed by atoms with Crippen LogP contribution in [0.2, 0.25) is 0 Å². The Bertz CT molecular complexity index is 793. The molecule has 1 heterocycles. The summed E-state index contributed by atoms with van der Waals surface area (Å²) in [7, 11) is 0. The highest BCUT2D eigenvalue weighted by Crippen LogP contribution is 2.43. The average Bonchev–Trinajstić information content (AvgIpc) is 2.47. The first-order valence-electron chi connectivity index (χ1n) is 6.26. The fourth-order valence-electron chi connectivity index (χ4n) is 2.47. The molecule has 0 saturated heterocycles. The van der Waals surface area contributed by atoms with Crippen LogP contribution in [-0.4, -0.2) is 5.11 Å². The number of nitrogens with two attached hydrogens (primary N) is 1. The van der Waals surface area contributed by atoms with Crippen LogP contribution in [-0.2, 0) is 0 Å². The van der Waals surface area contributed by atoms with E-state index in [-0.39, 0.29) is 11.1 Å². The van der Waals surface area contributed by atoms with Gasteiger partial charge < -0.3 is 15.6 Å². The van der Waals surface area contributed by atoms with Crippen LogP contribution in [0.5, 0.6) is 5.75 Å². The van der Waals surface area contributed by atoms with E-state index in [2.05, 4.69) is 0 Å². The van der Waals surface area contributed by atoms with Crippen molar-refractivity contribution in [2.75, 3.05) is 5.73 Å². The third-order valence-electron chi connectivity index (χ3n) is 3.41. The van der Waals surface area contributed by atoms with E-state index >= 15 is 0 Å². The van der Waals surface area contributed by atoms with E-state index < -0.39 is 17.7 Å². The average molecular weight is 282 g/mol. The number of benzene rings is 2. The lowest BCUT2D eigenvalue weighted by Crippen LogP contribution is -2.17. The first kappa shape index (κ1) is 13.0. The number of halogens is 1. The van der Waals surface area contributed by atoms with Gasteiger partial charge in [-0.15, -0.1) is 0 Å². The molecule has 104 valence electrons. The fourth-order valence-corrected chi connectivity index (χ4v) is 2.47. The first-order chi connectivity index (χ1) is 10.1. The molecule has 3 rings (SSSR count). The highest BCUT2D eigenvalue weighted by molar-refractivity contribution is 5.59. The summed E-state index contributed by atoms with van der Waals surface area (Å²) in [6, 6.07) is 12.8. The summed E-state index contributed by atoms with van der Waals surface area (Å²) >= 11 is 0. The lowest BCUT2D eigenvalue weighted by molar-refractivity contribution is 0.194. The number of nitrogens with zero attached hydrogens (tertiary/aromatic N) is 1. The Labute approximate surface area is 120 Å². The molecular formula is C16H11FN2O2. The topological polar surface area (TPSA) is 79.3 Å². The molecular weight excluding hydrogens is 271 g/mol. The van der Waals surface area contributed by atoms with Crippen molar-refractivity contribution in [3.05, 3.63) is 70.9 Å². The molecule has 2 aromatic rings. The third kappa shape index (κ3) is 2.07. The van der Waals surface area contributed by atoms with Crippen LogP contribution in [0.4, 0.5) is 10.1 Å². The van der Waals surface area contributed by atoms with Crippen molar-refractivity contribution in [3.63, 3.8) is 0 Å². The Morgan fingerprint density at radius 1 is 1.19 bits per heavy atom. The van der Waals surface area contributed by atoms with Crippen molar-refractivity contribution < 1.29 is 14.2 Å². The Kier molecular flexibility index (Phi) is 2.99. The van der Waals surface area contributed by atoms with Crippen LogP contribution in [0.1, 0.15) is 17.0 Å². The molecule has 4 nitrogen and oxygen atoms in total. The number of ether oxygens (including phenoxy) is 1. The number of fused-ring (bicyclic) bond motifs is 1.